The Labute approximate surface area is 108 Å². The van der Waals surface area contributed by atoms with Crippen LogP contribution >= 0.6 is 12.6 Å². The number of hydrogen-bond acceptors (Lipinski definition) is 3. The summed E-state index contributed by atoms with van der Waals surface area (Å²) in [6.45, 7) is 0.692. The Morgan fingerprint density at radius 3 is 2.61 bits per heavy atom. The van der Waals surface area contributed by atoms with Crippen LogP contribution in [0.4, 0.5) is 18.9 Å². The summed E-state index contributed by atoms with van der Waals surface area (Å²) in [5.74, 6) is 0. The minimum Gasteiger partial charge on any atom is -0.360 e. The molecule has 1 unspecified atom stereocenters. The van der Waals surface area contributed by atoms with E-state index in [0.29, 0.717) is 12.2 Å². The van der Waals surface area contributed by atoms with E-state index >= 15 is 0 Å². The molecule has 6 heteroatoms. The van der Waals surface area contributed by atoms with Gasteiger partial charge in [-0.2, -0.15) is 31.1 Å². The van der Waals surface area contributed by atoms with Crippen LogP contribution in [-0.2, 0) is 6.18 Å². The lowest BCUT2D eigenvalue weighted by molar-refractivity contribution is -0.137. The third-order valence-corrected chi connectivity index (χ3v) is 3.52. The van der Waals surface area contributed by atoms with Crippen molar-refractivity contribution in [1.82, 2.24) is 0 Å². The molecule has 1 heterocycles. The van der Waals surface area contributed by atoms with Crippen LogP contribution in [0.25, 0.3) is 0 Å². The maximum Gasteiger partial charge on any atom is 0.417 e. The van der Waals surface area contributed by atoms with E-state index in [-0.39, 0.29) is 10.9 Å². The van der Waals surface area contributed by atoms with Crippen molar-refractivity contribution in [3.8, 4) is 6.07 Å². The molecular formula is C12H11F3N2S. The Kier molecular flexibility index (Phi) is 3.44. The lowest BCUT2D eigenvalue weighted by Crippen LogP contribution is -2.25. The van der Waals surface area contributed by atoms with Crippen molar-refractivity contribution in [2.75, 3.05) is 11.4 Å². The number of nitrogens with zero attached hydrogens (tertiary/aromatic N) is 2. The zero-order chi connectivity index (χ0) is 13.3. The normalized spacial score (nSPS) is 19.9. The van der Waals surface area contributed by atoms with Gasteiger partial charge in [0.1, 0.15) is 0 Å². The van der Waals surface area contributed by atoms with E-state index in [0.717, 1.165) is 18.9 Å². The topological polar surface area (TPSA) is 27.0 Å². The molecule has 0 amide bonds. The van der Waals surface area contributed by atoms with Gasteiger partial charge in [-0.15, -0.1) is 0 Å². The first-order valence-corrected chi connectivity index (χ1v) is 6.01. The molecule has 0 saturated carbocycles. The predicted octanol–water partition coefficient (Wildman–Crippen LogP) is 3.43. The van der Waals surface area contributed by atoms with E-state index in [1.165, 1.54) is 6.07 Å². The quantitative estimate of drug-likeness (QED) is 0.793. The minimum absolute atomic E-state index is 0.0565. The first-order valence-electron chi connectivity index (χ1n) is 5.49. The fourth-order valence-corrected chi connectivity index (χ4v) is 2.52. The molecule has 1 aromatic rings. The summed E-state index contributed by atoms with van der Waals surface area (Å²) in [6, 6.07) is 5.37. The van der Waals surface area contributed by atoms with Gasteiger partial charge in [0, 0.05) is 12.2 Å². The van der Waals surface area contributed by atoms with E-state index in [2.05, 4.69) is 12.6 Å². The Hall–Kier alpha value is -1.35. The van der Waals surface area contributed by atoms with Crippen LogP contribution in [0.1, 0.15) is 24.0 Å². The van der Waals surface area contributed by atoms with Gasteiger partial charge in [-0.3, -0.25) is 0 Å². The number of thiol groups is 1. The summed E-state index contributed by atoms with van der Waals surface area (Å²) in [5.41, 5.74) is -0.755. The van der Waals surface area contributed by atoms with E-state index in [1.54, 1.807) is 12.1 Å². The van der Waals surface area contributed by atoms with Gasteiger partial charge < -0.3 is 4.90 Å². The maximum absolute atomic E-state index is 12.8. The van der Waals surface area contributed by atoms with Crippen LogP contribution in [0.15, 0.2) is 18.2 Å². The molecule has 1 atom stereocenters. The lowest BCUT2D eigenvalue weighted by Gasteiger charge is -2.24. The zero-order valence-electron chi connectivity index (χ0n) is 9.41. The third kappa shape index (κ3) is 2.41. The summed E-state index contributed by atoms with van der Waals surface area (Å²) in [7, 11) is 0. The molecule has 1 fully saturated rings. The average Bonchev–Trinajstić information content (AvgIpc) is 2.73. The van der Waals surface area contributed by atoms with Crippen molar-refractivity contribution in [2.24, 2.45) is 0 Å². The SMILES string of the molecule is N#Cc1ccc(N2CCCC2S)cc1C(F)(F)F. The molecule has 1 aliphatic rings. The zero-order valence-corrected chi connectivity index (χ0v) is 10.3. The molecule has 0 radical (unpaired) electrons. The van der Waals surface area contributed by atoms with E-state index in [9.17, 15) is 13.2 Å². The molecule has 0 bridgehead atoms. The molecule has 18 heavy (non-hydrogen) atoms. The van der Waals surface area contributed by atoms with Crippen LogP contribution in [0.3, 0.4) is 0 Å². The minimum atomic E-state index is -4.51. The van der Waals surface area contributed by atoms with Crippen LogP contribution in [-0.4, -0.2) is 11.9 Å². The van der Waals surface area contributed by atoms with Crippen LogP contribution < -0.4 is 4.90 Å². The van der Waals surface area contributed by atoms with E-state index in [4.69, 9.17) is 5.26 Å². The van der Waals surface area contributed by atoms with Gasteiger partial charge >= 0.3 is 6.18 Å². The van der Waals surface area contributed by atoms with Crippen molar-refractivity contribution >= 4 is 18.3 Å². The van der Waals surface area contributed by atoms with Crippen molar-refractivity contribution in [3.05, 3.63) is 29.3 Å². The molecule has 1 saturated heterocycles. The highest BCUT2D eigenvalue weighted by atomic mass is 32.1. The molecule has 2 rings (SSSR count). The number of anilines is 1. The second-order valence-electron chi connectivity index (χ2n) is 4.16. The van der Waals surface area contributed by atoms with Crippen LogP contribution in [0, 0.1) is 11.3 Å². The summed E-state index contributed by atoms with van der Waals surface area (Å²) >= 11 is 4.33. The smallest absolute Gasteiger partial charge is 0.360 e. The van der Waals surface area contributed by atoms with Gasteiger partial charge in [0.15, 0.2) is 0 Å². The molecule has 0 aromatic heterocycles. The van der Waals surface area contributed by atoms with Crippen molar-refractivity contribution < 1.29 is 13.2 Å². The van der Waals surface area contributed by atoms with Gasteiger partial charge in [-0.1, -0.05) is 0 Å². The number of rotatable bonds is 1. The lowest BCUT2D eigenvalue weighted by atomic mass is 10.1. The fraction of sp³-hybridized carbons (Fsp3) is 0.417. The molecule has 1 aliphatic heterocycles. The predicted molar refractivity (Wildman–Crippen MR) is 65.5 cm³/mol. The Morgan fingerprint density at radius 2 is 2.11 bits per heavy atom. The summed E-state index contributed by atoms with van der Waals surface area (Å²) in [5, 5.41) is 8.65. The molecule has 0 spiro atoms. The second-order valence-corrected chi connectivity index (χ2v) is 4.75. The fourth-order valence-electron chi connectivity index (χ4n) is 2.09. The number of halogens is 3. The number of benzene rings is 1. The first kappa shape index (κ1) is 13.1. The van der Waals surface area contributed by atoms with E-state index in [1.807, 2.05) is 4.90 Å². The highest BCUT2D eigenvalue weighted by Crippen LogP contribution is 2.36. The molecule has 0 N–H and O–H groups in total. The maximum atomic E-state index is 12.8. The van der Waals surface area contributed by atoms with Crippen molar-refractivity contribution in [1.29, 1.82) is 5.26 Å². The molecule has 0 aliphatic carbocycles. The standard InChI is InChI=1S/C12H11F3N2S/c13-12(14,15)10-6-9(4-3-8(10)7-16)17-5-1-2-11(17)18/h3-4,6,11,18H,1-2,5H2. The van der Waals surface area contributed by atoms with Crippen molar-refractivity contribution in [2.45, 2.75) is 24.4 Å². The van der Waals surface area contributed by atoms with Gasteiger partial charge in [0.05, 0.1) is 22.6 Å². The highest BCUT2D eigenvalue weighted by Gasteiger charge is 2.34. The van der Waals surface area contributed by atoms with Crippen LogP contribution in [0.2, 0.25) is 0 Å². The molecule has 2 nitrogen and oxygen atoms in total. The number of alkyl halides is 3. The third-order valence-electron chi connectivity index (χ3n) is 2.98. The molecule has 96 valence electrons. The Morgan fingerprint density at radius 1 is 1.39 bits per heavy atom. The van der Waals surface area contributed by atoms with Gasteiger partial charge in [0.2, 0.25) is 0 Å². The van der Waals surface area contributed by atoms with E-state index < -0.39 is 11.7 Å². The summed E-state index contributed by atoms with van der Waals surface area (Å²) < 4.78 is 38.4. The highest BCUT2D eigenvalue weighted by molar-refractivity contribution is 7.81. The van der Waals surface area contributed by atoms with Crippen LogP contribution in [0.5, 0.6) is 0 Å². The van der Waals surface area contributed by atoms with Crippen molar-refractivity contribution in [3.63, 3.8) is 0 Å². The Bertz CT molecular complexity index is 493. The Balaban J connectivity index is 2.44. The monoisotopic (exact) mass is 272 g/mol. The largest absolute Gasteiger partial charge is 0.417 e. The van der Waals surface area contributed by atoms with Gasteiger partial charge in [0.25, 0.3) is 0 Å². The number of hydrogen-bond donors (Lipinski definition) is 1. The first-order chi connectivity index (χ1) is 8.43. The van der Waals surface area contributed by atoms with Gasteiger partial charge in [-0.05, 0) is 31.0 Å². The second kappa shape index (κ2) is 4.73. The summed E-state index contributed by atoms with van der Waals surface area (Å²) in [6.07, 6.45) is -2.74. The average molecular weight is 272 g/mol. The summed E-state index contributed by atoms with van der Waals surface area (Å²) in [4.78, 5) is 1.82. The number of nitriles is 1. The van der Waals surface area contributed by atoms with Gasteiger partial charge in [-0.25, -0.2) is 0 Å². The molecule has 1 aromatic carbocycles. The molecular weight excluding hydrogens is 261 g/mol.